The third-order valence-corrected chi connectivity index (χ3v) is 9.08. The van der Waals surface area contributed by atoms with Crippen molar-refractivity contribution in [3.63, 3.8) is 0 Å². The van der Waals surface area contributed by atoms with E-state index in [1.165, 1.54) is 27.4 Å². The van der Waals surface area contributed by atoms with E-state index in [9.17, 15) is 18.4 Å². The maximum Gasteiger partial charge on any atom is 0.254 e. The number of amides is 2. The van der Waals surface area contributed by atoms with Crippen LogP contribution in [0, 0.1) is 11.6 Å². The number of carbonyl (C=O) groups is 2. The molecule has 0 spiro atoms. The van der Waals surface area contributed by atoms with E-state index in [1.807, 2.05) is 12.1 Å². The number of halogens is 3. The van der Waals surface area contributed by atoms with Crippen molar-refractivity contribution in [2.24, 2.45) is 0 Å². The summed E-state index contributed by atoms with van der Waals surface area (Å²) >= 11 is 0. The van der Waals surface area contributed by atoms with Gasteiger partial charge in [-0.2, -0.15) is 0 Å². The van der Waals surface area contributed by atoms with Gasteiger partial charge in [0.2, 0.25) is 11.7 Å². The zero-order valence-electron chi connectivity index (χ0n) is 25.7. The molecule has 5 rings (SSSR count). The first-order valence-electron chi connectivity index (χ1n) is 14.7. The molecule has 1 atom stereocenters. The fourth-order valence-electron chi connectivity index (χ4n) is 6.57. The second-order valence-corrected chi connectivity index (χ2v) is 11.4. The highest BCUT2D eigenvalue weighted by Gasteiger charge is 2.44. The number of nitrogens with one attached hydrogen (secondary N) is 2. The van der Waals surface area contributed by atoms with Gasteiger partial charge in [-0.3, -0.25) is 14.6 Å². The molecule has 0 bridgehead atoms. The number of ether oxygens (including phenoxy) is 3. The largest absolute Gasteiger partial charge is 0.493 e. The summed E-state index contributed by atoms with van der Waals surface area (Å²) in [6.07, 6.45) is 5.63. The van der Waals surface area contributed by atoms with Gasteiger partial charge < -0.3 is 29.7 Å². The van der Waals surface area contributed by atoms with Gasteiger partial charge in [0.15, 0.2) is 23.1 Å². The minimum absolute atomic E-state index is 0. The zero-order chi connectivity index (χ0) is 31.3. The Bertz CT molecular complexity index is 1480. The molecule has 2 aromatic carbocycles. The fourth-order valence-corrected chi connectivity index (χ4v) is 6.57. The van der Waals surface area contributed by atoms with Crippen LogP contribution in [0.4, 0.5) is 8.78 Å². The van der Waals surface area contributed by atoms with Gasteiger partial charge in [0, 0.05) is 43.0 Å². The molecule has 2 aliphatic heterocycles. The molecule has 2 saturated heterocycles. The Balaban J connectivity index is 0.00000461. The maximum atomic E-state index is 14.5. The number of rotatable bonds is 10. The molecular formula is C33H39ClF2N4O5. The van der Waals surface area contributed by atoms with Gasteiger partial charge in [0.1, 0.15) is 0 Å². The van der Waals surface area contributed by atoms with Crippen molar-refractivity contribution in [1.29, 1.82) is 0 Å². The number of hydrogen-bond donors (Lipinski definition) is 2. The summed E-state index contributed by atoms with van der Waals surface area (Å²) in [5.41, 5.74) is 0.372. The molecule has 3 heterocycles. The normalized spacial score (nSPS) is 18.9. The second kappa shape index (κ2) is 14.4. The van der Waals surface area contributed by atoms with E-state index in [-0.39, 0.29) is 30.8 Å². The first-order valence-corrected chi connectivity index (χ1v) is 14.7. The molecule has 1 unspecified atom stereocenters. The molecule has 0 aliphatic carbocycles. The summed E-state index contributed by atoms with van der Waals surface area (Å²) in [4.78, 5) is 33.5. The lowest BCUT2D eigenvalue weighted by atomic mass is 9.72. The Morgan fingerprint density at radius 2 is 1.67 bits per heavy atom. The molecule has 0 saturated carbocycles. The first-order chi connectivity index (χ1) is 21.3. The third kappa shape index (κ3) is 6.69. The summed E-state index contributed by atoms with van der Waals surface area (Å²) in [6, 6.07) is 10.8. The lowest BCUT2D eigenvalue weighted by Gasteiger charge is -2.37. The number of methoxy groups -OCH3 is 3. The predicted octanol–water partition coefficient (Wildman–Crippen LogP) is 4.42. The minimum atomic E-state index is -0.953. The van der Waals surface area contributed by atoms with Crippen molar-refractivity contribution >= 4 is 24.2 Å². The van der Waals surface area contributed by atoms with Crippen LogP contribution >= 0.6 is 12.4 Å². The Morgan fingerprint density at radius 3 is 2.27 bits per heavy atom. The number of likely N-dealkylation sites (tertiary alicyclic amines) is 1. The molecule has 0 radical (unpaired) electrons. The van der Waals surface area contributed by atoms with Crippen LogP contribution in [0.5, 0.6) is 17.2 Å². The van der Waals surface area contributed by atoms with Crippen LogP contribution < -0.4 is 24.8 Å². The summed E-state index contributed by atoms with van der Waals surface area (Å²) in [5.74, 6) is -1.17. The Hall–Kier alpha value is -3.96. The van der Waals surface area contributed by atoms with Crippen LogP contribution in [0.3, 0.4) is 0 Å². The summed E-state index contributed by atoms with van der Waals surface area (Å²) < 4.78 is 44.7. The molecule has 2 N–H and O–H groups in total. The zero-order valence-corrected chi connectivity index (χ0v) is 26.5. The molecule has 2 aliphatic rings. The smallest absolute Gasteiger partial charge is 0.254 e. The Morgan fingerprint density at radius 1 is 0.956 bits per heavy atom. The van der Waals surface area contributed by atoms with Crippen molar-refractivity contribution in [3.05, 3.63) is 83.2 Å². The van der Waals surface area contributed by atoms with Crippen molar-refractivity contribution in [2.75, 3.05) is 54.1 Å². The van der Waals surface area contributed by atoms with Gasteiger partial charge in [-0.1, -0.05) is 12.1 Å². The summed E-state index contributed by atoms with van der Waals surface area (Å²) in [7, 11) is 4.44. The van der Waals surface area contributed by atoms with E-state index in [0.717, 1.165) is 11.6 Å². The molecular weight excluding hydrogens is 606 g/mol. The lowest BCUT2D eigenvalue weighted by Crippen LogP contribution is -2.51. The van der Waals surface area contributed by atoms with Gasteiger partial charge in [-0.15, -0.1) is 12.4 Å². The average molecular weight is 645 g/mol. The van der Waals surface area contributed by atoms with Crippen LogP contribution in [0.15, 0.2) is 54.9 Å². The number of nitrogens with zero attached hydrogens (tertiary/aromatic N) is 2. The number of benzene rings is 2. The Kier molecular flexibility index (Phi) is 10.9. The maximum absolute atomic E-state index is 14.5. The van der Waals surface area contributed by atoms with Gasteiger partial charge in [0.25, 0.3) is 5.91 Å². The highest BCUT2D eigenvalue weighted by atomic mass is 35.5. The number of carbonyl (C=O) groups excluding carboxylic acids is 2. The highest BCUT2D eigenvalue weighted by molar-refractivity contribution is 5.96. The SMILES string of the molecule is COc1cc(C(=O)N2CCC(CCNC(=O)C3(c4cccnc4)CCNCC3)(c3ccc(F)c(F)c3)C2)cc(OC)c1OC.Cl. The number of piperidine rings is 1. The van der Waals surface area contributed by atoms with Crippen molar-refractivity contribution < 1.29 is 32.6 Å². The number of pyridine rings is 1. The van der Waals surface area contributed by atoms with Crippen LogP contribution in [0.25, 0.3) is 0 Å². The fraction of sp³-hybridized carbons (Fsp3) is 0.424. The lowest BCUT2D eigenvalue weighted by molar-refractivity contribution is -0.127. The monoisotopic (exact) mass is 644 g/mol. The molecule has 9 nitrogen and oxygen atoms in total. The van der Waals surface area contributed by atoms with E-state index in [2.05, 4.69) is 15.6 Å². The molecule has 2 fully saturated rings. The van der Waals surface area contributed by atoms with E-state index in [1.54, 1.807) is 35.5 Å². The Labute approximate surface area is 268 Å². The average Bonchev–Trinajstić information content (AvgIpc) is 3.50. The summed E-state index contributed by atoms with van der Waals surface area (Å²) in [5, 5.41) is 6.47. The molecule has 12 heteroatoms. The van der Waals surface area contributed by atoms with Crippen LogP contribution in [-0.4, -0.2) is 75.8 Å². The first kappa shape index (κ1) is 33.9. The number of aromatic nitrogens is 1. The molecule has 1 aromatic heterocycles. The molecule has 45 heavy (non-hydrogen) atoms. The van der Waals surface area contributed by atoms with Crippen LogP contribution in [-0.2, 0) is 15.6 Å². The van der Waals surface area contributed by atoms with Gasteiger partial charge in [-0.25, -0.2) is 8.78 Å². The molecule has 242 valence electrons. The van der Waals surface area contributed by atoms with Crippen molar-refractivity contribution in [1.82, 2.24) is 20.5 Å². The standard InChI is InChI=1S/C33H38F2N4O5.ClH/c1-42-27-17-22(18-28(43-2)29(27)44-3)30(40)39-16-11-32(21-39,23-6-7-25(34)26(35)19-23)8-15-38-31(41)33(9-13-36-14-10-33)24-5-4-12-37-20-24;/h4-7,12,17-20,36H,8-11,13-16,21H2,1-3H3,(H,38,41);1H. The quantitative estimate of drug-likeness (QED) is 0.337. The van der Waals surface area contributed by atoms with E-state index in [0.29, 0.717) is 80.2 Å². The molecule has 3 aromatic rings. The van der Waals surface area contributed by atoms with Gasteiger partial charge in [-0.05, 0) is 80.2 Å². The third-order valence-electron chi connectivity index (χ3n) is 9.08. The van der Waals surface area contributed by atoms with E-state index in [4.69, 9.17) is 14.2 Å². The van der Waals surface area contributed by atoms with E-state index >= 15 is 0 Å². The van der Waals surface area contributed by atoms with E-state index < -0.39 is 22.5 Å². The second-order valence-electron chi connectivity index (χ2n) is 11.4. The van der Waals surface area contributed by atoms with Crippen molar-refractivity contribution in [3.8, 4) is 17.2 Å². The summed E-state index contributed by atoms with van der Waals surface area (Å²) in [6.45, 7) is 2.34. The van der Waals surface area contributed by atoms with Crippen LogP contribution in [0.2, 0.25) is 0 Å². The molecule has 2 amide bonds. The van der Waals surface area contributed by atoms with Gasteiger partial charge in [0.05, 0.1) is 26.7 Å². The van der Waals surface area contributed by atoms with Crippen molar-refractivity contribution in [2.45, 2.75) is 36.5 Å². The topological polar surface area (TPSA) is 102 Å². The van der Waals surface area contributed by atoms with Gasteiger partial charge >= 0.3 is 0 Å². The minimum Gasteiger partial charge on any atom is -0.493 e. The highest BCUT2D eigenvalue weighted by Crippen LogP contribution is 2.42. The van der Waals surface area contributed by atoms with Crippen LogP contribution in [0.1, 0.15) is 47.2 Å². The number of hydrogen-bond acceptors (Lipinski definition) is 7. The predicted molar refractivity (Wildman–Crippen MR) is 168 cm³/mol.